The highest BCUT2D eigenvalue weighted by Gasteiger charge is 2.71. The van der Waals surface area contributed by atoms with Crippen molar-refractivity contribution in [3.05, 3.63) is 45.5 Å². The Hall–Kier alpha value is -2.09. The lowest BCUT2D eigenvalue weighted by Gasteiger charge is -2.70. The lowest BCUT2D eigenvalue weighted by atomic mass is 9.35. The average Bonchev–Trinajstić information content (AvgIpc) is 3.29. The number of carbonyl (C=O) groups is 1. The Morgan fingerprint density at radius 3 is 2.30 bits per heavy atom. The van der Waals surface area contributed by atoms with Gasteiger partial charge in [0.15, 0.2) is 5.78 Å². The van der Waals surface area contributed by atoms with E-state index in [4.69, 9.17) is 0 Å². The lowest BCUT2D eigenvalue weighted by molar-refractivity contribution is -0.384. The zero-order valence-corrected chi connectivity index (χ0v) is 28.2. The van der Waals surface area contributed by atoms with Crippen LogP contribution in [-0.2, 0) is 4.79 Å². The van der Waals surface area contributed by atoms with E-state index in [1.807, 2.05) is 32.9 Å². The van der Waals surface area contributed by atoms with E-state index in [2.05, 4.69) is 34.6 Å². The Labute approximate surface area is 263 Å². The molecule has 244 valence electrons. The van der Waals surface area contributed by atoms with E-state index in [0.29, 0.717) is 31.2 Å². The molecule has 1 aromatic carbocycles. The molecule has 44 heavy (non-hydrogen) atoms. The molecule has 0 aliphatic heterocycles. The van der Waals surface area contributed by atoms with Crippen LogP contribution in [0, 0.1) is 55.4 Å². The molecule has 0 bridgehead atoms. The van der Waals surface area contributed by atoms with E-state index in [0.717, 1.165) is 37.7 Å². The smallest absolute Gasteiger partial charge is 0.270 e. The second-order valence-corrected chi connectivity index (χ2v) is 17.2. The highest BCUT2D eigenvalue weighted by Crippen LogP contribution is 2.75. The van der Waals surface area contributed by atoms with E-state index >= 15 is 0 Å². The normalized spacial score (nSPS) is 40.6. The predicted octanol–water partition coefficient (Wildman–Crippen LogP) is 7.51. The molecule has 0 unspecified atom stereocenters. The number of nitrogens with zero attached hydrogens (tertiary/aromatic N) is 1. The second-order valence-electron chi connectivity index (χ2n) is 17.2. The molecule has 4 fully saturated rings. The van der Waals surface area contributed by atoms with Crippen LogP contribution in [0.2, 0.25) is 0 Å². The van der Waals surface area contributed by atoms with Gasteiger partial charge in [0.2, 0.25) is 0 Å². The van der Waals surface area contributed by atoms with Crippen molar-refractivity contribution in [3.63, 3.8) is 0 Å². The highest BCUT2D eigenvalue weighted by molar-refractivity contribution is 6.04. The summed E-state index contributed by atoms with van der Waals surface area (Å²) in [4.78, 5) is 25.1. The third kappa shape index (κ3) is 5.19. The molecule has 1 aromatic rings. The summed E-state index contributed by atoms with van der Waals surface area (Å²) < 4.78 is 0. The highest BCUT2D eigenvalue weighted by atomic mass is 16.6. The number of hydrogen-bond donors (Lipinski definition) is 3. The maximum absolute atomic E-state index is 14.0. The molecule has 0 saturated heterocycles. The Kier molecular flexibility index (Phi) is 8.12. The molecule has 4 aliphatic carbocycles. The van der Waals surface area contributed by atoms with E-state index in [1.54, 1.807) is 6.07 Å². The Bertz CT molecular complexity index is 1340. The zero-order chi connectivity index (χ0) is 32.7. The number of nitro groups is 1. The van der Waals surface area contributed by atoms with Gasteiger partial charge in [0.1, 0.15) is 0 Å². The SMILES string of the molecule is CC(C)(O)CCC[C@@](C)(O)[C@H]1CC[C@]2(C)[C@@H]1[C@H](O)C[C@@H]1[C@@]3(C)C/C(=C\c4cccc([N+](=O)[O-])c4)C(=O)C(C)(C)[C@@H]3CC[C@]12C. The van der Waals surface area contributed by atoms with Crippen molar-refractivity contribution >= 4 is 17.5 Å². The van der Waals surface area contributed by atoms with Gasteiger partial charge in [0.05, 0.1) is 22.2 Å². The molecule has 7 nitrogen and oxygen atoms in total. The monoisotopic (exact) mass is 609 g/mol. The Balaban J connectivity index is 1.49. The molecule has 4 saturated carbocycles. The molecule has 3 N–H and O–H groups in total. The van der Waals surface area contributed by atoms with Crippen molar-refractivity contribution in [2.45, 2.75) is 130 Å². The van der Waals surface area contributed by atoms with E-state index in [-0.39, 0.29) is 51.4 Å². The van der Waals surface area contributed by atoms with Crippen molar-refractivity contribution in [1.82, 2.24) is 0 Å². The summed E-state index contributed by atoms with van der Waals surface area (Å²) in [6.45, 7) is 16.8. The summed E-state index contributed by atoms with van der Waals surface area (Å²) in [7, 11) is 0. The number of rotatable bonds is 7. The number of nitro benzene ring substituents is 1. The number of aliphatic hydroxyl groups is 3. The standard InChI is InChI=1S/C37H55NO6/c1-32(2,41)15-10-16-37(8,42)26-13-17-36(7)30(26)27(39)21-29-34(5)22-24(19-23-11-9-12-25(20-23)38(43)44)31(40)33(3,4)28(34)14-18-35(29,36)6/h9,11-12,19-20,26-30,39,41-42H,10,13-18,21-22H2,1-8H3/b24-19+/t26-,27+,28-,29+,30-,34-,35+,36+,37+/m0/s1. The summed E-state index contributed by atoms with van der Waals surface area (Å²) in [5.41, 5.74) is -1.36. The number of benzene rings is 1. The number of aliphatic hydroxyl groups excluding tert-OH is 1. The molecule has 7 heteroatoms. The number of fused-ring (bicyclic) bond motifs is 5. The number of hydrogen-bond acceptors (Lipinski definition) is 6. The lowest BCUT2D eigenvalue weighted by Crippen LogP contribution is -2.66. The van der Waals surface area contributed by atoms with Crippen LogP contribution in [0.25, 0.3) is 6.08 Å². The van der Waals surface area contributed by atoms with E-state index in [1.165, 1.54) is 12.1 Å². The van der Waals surface area contributed by atoms with Crippen LogP contribution in [-0.4, -0.2) is 43.3 Å². The van der Waals surface area contributed by atoms with Crippen LogP contribution in [0.1, 0.15) is 119 Å². The predicted molar refractivity (Wildman–Crippen MR) is 173 cm³/mol. The van der Waals surface area contributed by atoms with Gasteiger partial charge < -0.3 is 15.3 Å². The Morgan fingerprint density at radius 2 is 1.66 bits per heavy atom. The summed E-state index contributed by atoms with van der Waals surface area (Å²) in [5, 5.41) is 45.6. The van der Waals surface area contributed by atoms with Crippen LogP contribution < -0.4 is 0 Å². The fourth-order valence-corrected chi connectivity index (χ4v) is 11.4. The molecule has 5 rings (SSSR count). The zero-order valence-electron chi connectivity index (χ0n) is 28.2. The van der Waals surface area contributed by atoms with Gasteiger partial charge in [-0.05, 0) is 136 Å². The van der Waals surface area contributed by atoms with Crippen molar-refractivity contribution in [1.29, 1.82) is 0 Å². The largest absolute Gasteiger partial charge is 0.393 e. The van der Waals surface area contributed by atoms with Gasteiger partial charge in [-0.3, -0.25) is 14.9 Å². The van der Waals surface area contributed by atoms with Crippen LogP contribution in [0.5, 0.6) is 0 Å². The Morgan fingerprint density at radius 1 is 1.00 bits per heavy atom. The van der Waals surface area contributed by atoms with E-state index in [9.17, 15) is 30.2 Å². The van der Waals surface area contributed by atoms with Gasteiger partial charge in [0.25, 0.3) is 5.69 Å². The topological polar surface area (TPSA) is 121 Å². The first kappa shape index (κ1) is 33.3. The van der Waals surface area contributed by atoms with Crippen LogP contribution in [0.3, 0.4) is 0 Å². The second kappa shape index (κ2) is 10.7. The maximum Gasteiger partial charge on any atom is 0.270 e. The summed E-state index contributed by atoms with van der Waals surface area (Å²) in [6, 6.07) is 6.50. The minimum absolute atomic E-state index is 0.0114. The molecule has 0 aromatic heterocycles. The fraction of sp³-hybridized carbons (Fsp3) is 0.757. The maximum atomic E-state index is 14.0. The van der Waals surface area contributed by atoms with Gasteiger partial charge in [0, 0.05) is 17.5 Å². The van der Waals surface area contributed by atoms with Crippen molar-refractivity contribution in [2.75, 3.05) is 0 Å². The molecule has 0 amide bonds. The first-order valence-corrected chi connectivity index (χ1v) is 16.8. The molecule has 0 radical (unpaired) electrons. The molecule has 4 aliphatic rings. The van der Waals surface area contributed by atoms with Gasteiger partial charge >= 0.3 is 0 Å². The fourth-order valence-electron chi connectivity index (χ4n) is 11.4. The van der Waals surface area contributed by atoms with E-state index < -0.39 is 27.6 Å². The molecule has 0 spiro atoms. The molecular formula is C37H55NO6. The number of ketones is 1. The van der Waals surface area contributed by atoms with Crippen LogP contribution in [0.15, 0.2) is 29.8 Å². The van der Waals surface area contributed by atoms with Crippen molar-refractivity contribution in [2.24, 2.45) is 45.3 Å². The minimum atomic E-state index is -0.924. The summed E-state index contributed by atoms with van der Waals surface area (Å²) in [5.74, 6) is 0.445. The van der Waals surface area contributed by atoms with Gasteiger partial charge in [-0.25, -0.2) is 0 Å². The number of allylic oxidation sites excluding steroid dienone is 1. The van der Waals surface area contributed by atoms with Crippen molar-refractivity contribution < 1.29 is 25.0 Å². The molecule has 0 heterocycles. The third-order valence-corrected chi connectivity index (χ3v) is 13.7. The van der Waals surface area contributed by atoms with Crippen LogP contribution in [0.4, 0.5) is 5.69 Å². The third-order valence-electron chi connectivity index (χ3n) is 13.7. The number of Topliss-reactive ketones (excluding diaryl/α,β-unsaturated/α-hetero) is 1. The van der Waals surface area contributed by atoms with Gasteiger partial charge in [-0.15, -0.1) is 0 Å². The first-order valence-electron chi connectivity index (χ1n) is 16.8. The summed E-state index contributed by atoms with van der Waals surface area (Å²) >= 11 is 0. The number of non-ortho nitro benzene ring substituents is 1. The molecular weight excluding hydrogens is 554 g/mol. The molecule has 9 atom stereocenters. The first-order chi connectivity index (χ1) is 20.2. The van der Waals surface area contributed by atoms with Crippen LogP contribution >= 0.6 is 0 Å². The summed E-state index contributed by atoms with van der Waals surface area (Å²) in [6.07, 6.45) is 8.27. The minimum Gasteiger partial charge on any atom is -0.393 e. The quantitative estimate of drug-likeness (QED) is 0.167. The van der Waals surface area contributed by atoms with Crippen molar-refractivity contribution in [3.8, 4) is 0 Å². The number of carbonyl (C=O) groups excluding carboxylic acids is 1. The van der Waals surface area contributed by atoms with Gasteiger partial charge in [-0.1, -0.05) is 46.8 Å². The van der Waals surface area contributed by atoms with Gasteiger partial charge in [-0.2, -0.15) is 0 Å². The average molecular weight is 610 g/mol.